The summed E-state index contributed by atoms with van der Waals surface area (Å²) in [7, 11) is 0. The number of rotatable bonds is 2. The van der Waals surface area contributed by atoms with E-state index in [4.69, 9.17) is 17.3 Å². The topological polar surface area (TPSA) is 26.0 Å². The molecule has 0 radical (unpaired) electrons. The van der Waals surface area contributed by atoms with E-state index in [2.05, 4.69) is 6.07 Å². The van der Waals surface area contributed by atoms with Crippen LogP contribution in [0, 0.1) is 0 Å². The van der Waals surface area contributed by atoms with E-state index in [9.17, 15) is 0 Å². The Labute approximate surface area is 75.2 Å². The van der Waals surface area contributed by atoms with Crippen molar-refractivity contribution in [2.75, 3.05) is 6.54 Å². The summed E-state index contributed by atoms with van der Waals surface area (Å²) < 4.78 is 0.875. The third-order valence-corrected chi connectivity index (χ3v) is 3.82. The molecule has 0 spiro atoms. The highest BCUT2D eigenvalue weighted by atomic mass is 35.5. The van der Waals surface area contributed by atoms with Crippen molar-refractivity contribution < 1.29 is 0 Å². The molecule has 1 aromatic rings. The Kier molecular flexibility index (Phi) is 1.71. The van der Waals surface area contributed by atoms with E-state index in [0.717, 1.165) is 10.9 Å². The van der Waals surface area contributed by atoms with Gasteiger partial charge in [0.2, 0.25) is 0 Å². The van der Waals surface area contributed by atoms with Crippen molar-refractivity contribution >= 4 is 22.9 Å². The predicted molar refractivity (Wildman–Crippen MR) is 49.3 cm³/mol. The normalized spacial score (nSPS) is 20.2. The lowest BCUT2D eigenvalue weighted by atomic mass is 10.1. The van der Waals surface area contributed by atoms with Crippen LogP contribution in [0.2, 0.25) is 4.34 Å². The van der Waals surface area contributed by atoms with Gasteiger partial charge in [0.1, 0.15) is 0 Å². The number of halogens is 1. The van der Waals surface area contributed by atoms with Gasteiger partial charge in [-0.25, -0.2) is 0 Å². The van der Waals surface area contributed by atoms with E-state index >= 15 is 0 Å². The van der Waals surface area contributed by atoms with E-state index in [1.165, 1.54) is 17.7 Å². The van der Waals surface area contributed by atoms with Crippen LogP contribution in [0.15, 0.2) is 12.1 Å². The molecule has 1 fully saturated rings. The maximum absolute atomic E-state index is 5.83. The van der Waals surface area contributed by atoms with Gasteiger partial charge in [0.25, 0.3) is 0 Å². The summed E-state index contributed by atoms with van der Waals surface area (Å²) in [6.45, 7) is 0.768. The molecule has 0 amide bonds. The molecule has 0 aromatic carbocycles. The quantitative estimate of drug-likeness (QED) is 0.756. The van der Waals surface area contributed by atoms with Crippen molar-refractivity contribution in [1.82, 2.24) is 0 Å². The highest BCUT2D eigenvalue weighted by molar-refractivity contribution is 7.16. The molecule has 2 N–H and O–H groups in total. The first-order valence-corrected chi connectivity index (χ1v) is 4.92. The average molecular weight is 188 g/mol. The lowest BCUT2D eigenvalue weighted by molar-refractivity contribution is 0.720. The number of nitrogens with two attached hydrogens (primary N) is 1. The zero-order chi connectivity index (χ0) is 7.90. The van der Waals surface area contributed by atoms with Crippen LogP contribution in [0.4, 0.5) is 0 Å². The monoisotopic (exact) mass is 187 g/mol. The molecule has 1 aliphatic rings. The minimum Gasteiger partial charge on any atom is -0.330 e. The van der Waals surface area contributed by atoms with Crippen LogP contribution in [0.1, 0.15) is 17.7 Å². The second kappa shape index (κ2) is 2.47. The molecule has 0 saturated heterocycles. The van der Waals surface area contributed by atoms with Crippen LogP contribution in [-0.4, -0.2) is 6.54 Å². The fraction of sp³-hybridized carbons (Fsp3) is 0.500. The van der Waals surface area contributed by atoms with Crippen LogP contribution in [0.25, 0.3) is 0 Å². The Morgan fingerprint density at radius 1 is 1.55 bits per heavy atom. The average Bonchev–Trinajstić information content (AvgIpc) is 2.70. The lowest BCUT2D eigenvalue weighted by Gasteiger charge is -2.07. The summed E-state index contributed by atoms with van der Waals surface area (Å²) in [5.41, 5.74) is 5.99. The standard InChI is InChI=1S/C8H10ClNS/c9-7-2-1-6(11-7)8(5-10)3-4-8/h1-2H,3-5,10H2. The second-order valence-electron chi connectivity index (χ2n) is 3.09. The van der Waals surface area contributed by atoms with Gasteiger partial charge < -0.3 is 5.73 Å². The maximum atomic E-state index is 5.83. The Bertz CT molecular complexity index is 265. The summed E-state index contributed by atoms with van der Waals surface area (Å²) >= 11 is 7.50. The number of hydrogen-bond donors (Lipinski definition) is 1. The molecule has 0 unspecified atom stereocenters. The molecular weight excluding hydrogens is 178 g/mol. The van der Waals surface area contributed by atoms with Crippen molar-refractivity contribution in [3.8, 4) is 0 Å². The molecular formula is C8H10ClNS. The second-order valence-corrected chi connectivity index (χ2v) is 4.80. The zero-order valence-corrected chi connectivity index (χ0v) is 7.71. The molecule has 11 heavy (non-hydrogen) atoms. The largest absolute Gasteiger partial charge is 0.330 e. The minimum atomic E-state index is 0.317. The van der Waals surface area contributed by atoms with Crippen molar-refractivity contribution in [2.45, 2.75) is 18.3 Å². The third kappa shape index (κ3) is 1.19. The highest BCUT2D eigenvalue weighted by Crippen LogP contribution is 2.50. The number of hydrogen-bond acceptors (Lipinski definition) is 2. The Morgan fingerprint density at radius 2 is 2.27 bits per heavy atom. The van der Waals surface area contributed by atoms with Gasteiger partial charge in [0.05, 0.1) is 4.34 Å². The summed E-state index contributed by atoms with van der Waals surface area (Å²) in [5, 5.41) is 0. The SMILES string of the molecule is NCC1(c2ccc(Cl)s2)CC1. The molecule has 1 aliphatic carbocycles. The number of thiophene rings is 1. The molecule has 1 nitrogen and oxygen atoms in total. The third-order valence-electron chi connectivity index (χ3n) is 2.34. The van der Waals surface area contributed by atoms with E-state index in [1.54, 1.807) is 11.3 Å². The smallest absolute Gasteiger partial charge is 0.0931 e. The first-order valence-electron chi connectivity index (χ1n) is 3.73. The van der Waals surface area contributed by atoms with Crippen molar-refractivity contribution in [3.63, 3.8) is 0 Å². The molecule has 1 saturated carbocycles. The van der Waals surface area contributed by atoms with Gasteiger partial charge in [-0.15, -0.1) is 11.3 Å². The summed E-state index contributed by atoms with van der Waals surface area (Å²) in [6.07, 6.45) is 2.47. The maximum Gasteiger partial charge on any atom is 0.0931 e. The van der Waals surface area contributed by atoms with Crippen molar-refractivity contribution in [3.05, 3.63) is 21.3 Å². The summed E-state index contributed by atoms with van der Waals surface area (Å²) in [5.74, 6) is 0. The van der Waals surface area contributed by atoms with Crippen molar-refractivity contribution in [1.29, 1.82) is 0 Å². The van der Waals surface area contributed by atoms with Gasteiger partial charge in [-0.05, 0) is 25.0 Å². The first-order chi connectivity index (χ1) is 5.27. The molecule has 3 heteroatoms. The zero-order valence-electron chi connectivity index (χ0n) is 6.14. The van der Waals surface area contributed by atoms with E-state index in [-0.39, 0.29) is 0 Å². The fourth-order valence-electron chi connectivity index (χ4n) is 1.30. The van der Waals surface area contributed by atoms with Gasteiger partial charge in [0, 0.05) is 16.8 Å². The molecule has 2 rings (SSSR count). The summed E-state index contributed by atoms with van der Waals surface area (Å²) in [6, 6.07) is 4.06. The molecule has 1 aromatic heterocycles. The first kappa shape index (κ1) is 7.59. The van der Waals surface area contributed by atoms with E-state index in [1.807, 2.05) is 6.07 Å². The lowest BCUT2D eigenvalue weighted by Crippen LogP contribution is -2.18. The minimum absolute atomic E-state index is 0.317. The van der Waals surface area contributed by atoms with Gasteiger partial charge in [0.15, 0.2) is 0 Å². The van der Waals surface area contributed by atoms with Gasteiger partial charge in [-0.3, -0.25) is 0 Å². The molecule has 0 atom stereocenters. The van der Waals surface area contributed by atoms with Crippen LogP contribution >= 0.6 is 22.9 Å². The highest BCUT2D eigenvalue weighted by Gasteiger charge is 2.43. The Balaban J connectivity index is 2.29. The van der Waals surface area contributed by atoms with Crippen LogP contribution in [0.5, 0.6) is 0 Å². The molecule has 60 valence electrons. The molecule has 0 bridgehead atoms. The van der Waals surface area contributed by atoms with E-state index < -0.39 is 0 Å². The van der Waals surface area contributed by atoms with Crippen molar-refractivity contribution in [2.24, 2.45) is 5.73 Å². The molecule has 0 aliphatic heterocycles. The van der Waals surface area contributed by atoms with Gasteiger partial charge >= 0.3 is 0 Å². The molecule has 1 heterocycles. The van der Waals surface area contributed by atoms with Gasteiger partial charge in [-0.2, -0.15) is 0 Å². The van der Waals surface area contributed by atoms with Crippen LogP contribution in [0.3, 0.4) is 0 Å². The van der Waals surface area contributed by atoms with E-state index in [0.29, 0.717) is 5.41 Å². The Hall–Kier alpha value is -0.0500. The fourth-order valence-corrected chi connectivity index (χ4v) is 2.60. The van der Waals surface area contributed by atoms with Gasteiger partial charge in [-0.1, -0.05) is 11.6 Å². The summed E-state index contributed by atoms with van der Waals surface area (Å²) in [4.78, 5) is 1.37. The predicted octanol–water partition coefficient (Wildman–Crippen LogP) is 2.39. The Morgan fingerprint density at radius 3 is 2.64 bits per heavy atom. The van der Waals surface area contributed by atoms with Crippen LogP contribution in [-0.2, 0) is 5.41 Å². The van der Waals surface area contributed by atoms with Crippen LogP contribution < -0.4 is 5.73 Å².